The SMILES string of the molecule is CCCCCCc1ccc2c(c1)CCc1cc(-c3ccc(C(F)(F)F)cc3)ccc1-2. The molecule has 1 aliphatic carbocycles. The molecule has 0 amide bonds. The Kier molecular flexibility index (Phi) is 5.99. The maximum absolute atomic E-state index is 12.8. The highest BCUT2D eigenvalue weighted by Crippen LogP contribution is 2.37. The van der Waals surface area contributed by atoms with Gasteiger partial charge in [0.15, 0.2) is 0 Å². The number of halogens is 3. The fraction of sp³-hybridized carbons (Fsp3) is 0.333. The first-order valence-electron chi connectivity index (χ1n) is 10.9. The number of aryl methyl sites for hydroxylation is 3. The number of unbranched alkanes of at least 4 members (excludes halogenated alkanes) is 3. The van der Waals surface area contributed by atoms with Crippen LogP contribution in [0.3, 0.4) is 0 Å². The summed E-state index contributed by atoms with van der Waals surface area (Å²) in [6.07, 6.45) is 3.94. The van der Waals surface area contributed by atoms with Gasteiger partial charge in [-0.1, -0.05) is 74.7 Å². The van der Waals surface area contributed by atoms with E-state index in [-0.39, 0.29) is 0 Å². The maximum atomic E-state index is 12.8. The molecule has 0 spiro atoms. The molecule has 0 aliphatic heterocycles. The molecule has 3 heteroatoms. The molecule has 0 N–H and O–H groups in total. The Morgan fingerprint density at radius 2 is 1.33 bits per heavy atom. The Hall–Kier alpha value is -2.55. The molecule has 3 aromatic rings. The van der Waals surface area contributed by atoms with E-state index in [0.717, 1.165) is 42.5 Å². The Labute approximate surface area is 176 Å². The Balaban J connectivity index is 1.55. The van der Waals surface area contributed by atoms with Crippen LogP contribution in [0.4, 0.5) is 13.2 Å². The second-order valence-corrected chi connectivity index (χ2v) is 8.25. The second kappa shape index (κ2) is 8.67. The third kappa shape index (κ3) is 4.45. The smallest absolute Gasteiger partial charge is 0.166 e. The summed E-state index contributed by atoms with van der Waals surface area (Å²) >= 11 is 0. The summed E-state index contributed by atoms with van der Waals surface area (Å²) in [6.45, 7) is 2.24. The lowest BCUT2D eigenvalue weighted by molar-refractivity contribution is -0.137. The van der Waals surface area contributed by atoms with Gasteiger partial charge in [0.25, 0.3) is 0 Å². The van der Waals surface area contributed by atoms with Crippen LogP contribution in [0.15, 0.2) is 60.7 Å². The van der Waals surface area contributed by atoms with Crippen LogP contribution in [0, 0.1) is 0 Å². The average molecular weight is 409 g/mol. The fourth-order valence-electron chi connectivity index (χ4n) is 4.39. The van der Waals surface area contributed by atoms with Gasteiger partial charge in [0.1, 0.15) is 0 Å². The number of alkyl halides is 3. The maximum Gasteiger partial charge on any atom is 0.416 e. The molecule has 3 aromatic carbocycles. The molecule has 0 heterocycles. The van der Waals surface area contributed by atoms with Gasteiger partial charge in [-0.2, -0.15) is 13.2 Å². The summed E-state index contributed by atoms with van der Waals surface area (Å²) in [7, 11) is 0. The van der Waals surface area contributed by atoms with Crippen LogP contribution < -0.4 is 0 Å². The lowest BCUT2D eigenvalue weighted by atomic mass is 9.83. The van der Waals surface area contributed by atoms with E-state index in [9.17, 15) is 13.2 Å². The van der Waals surface area contributed by atoms with Gasteiger partial charge in [0.2, 0.25) is 0 Å². The van der Waals surface area contributed by atoms with Gasteiger partial charge in [-0.25, -0.2) is 0 Å². The molecule has 4 rings (SSSR count). The van der Waals surface area contributed by atoms with Crippen molar-refractivity contribution < 1.29 is 13.2 Å². The van der Waals surface area contributed by atoms with E-state index in [1.54, 1.807) is 12.1 Å². The average Bonchev–Trinajstić information content (AvgIpc) is 2.75. The molecule has 0 bridgehead atoms. The van der Waals surface area contributed by atoms with Crippen molar-refractivity contribution in [1.29, 1.82) is 0 Å². The summed E-state index contributed by atoms with van der Waals surface area (Å²) in [6, 6.07) is 18.6. The molecule has 156 valence electrons. The second-order valence-electron chi connectivity index (χ2n) is 8.25. The first-order valence-corrected chi connectivity index (χ1v) is 10.9. The van der Waals surface area contributed by atoms with Crippen molar-refractivity contribution >= 4 is 0 Å². The van der Waals surface area contributed by atoms with Crippen molar-refractivity contribution in [2.24, 2.45) is 0 Å². The van der Waals surface area contributed by atoms with E-state index in [0.29, 0.717) is 0 Å². The topological polar surface area (TPSA) is 0 Å². The molecule has 30 heavy (non-hydrogen) atoms. The largest absolute Gasteiger partial charge is 0.416 e. The number of benzene rings is 3. The van der Waals surface area contributed by atoms with Crippen molar-refractivity contribution in [1.82, 2.24) is 0 Å². The number of fused-ring (bicyclic) bond motifs is 3. The number of hydrogen-bond donors (Lipinski definition) is 0. The standard InChI is InChI=1S/C27H27F3/c1-2-3-4-5-6-19-7-15-25-22(17-19)8-9-23-18-21(12-16-26(23)25)20-10-13-24(14-11-20)27(28,29)30/h7,10-18H,2-6,8-9H2,1H3. The van der Waals surface area contributed by atoms with E-state index in [1.807, 2.05) is 6.07 Å². The predicted molar refractivity (Wildman–Crippen MR) is 118 cm³/mol. The van der Waals surface area contributed by atoms with Crippen LogP contribution in [0.2, 0.25) is 0 Å². The molecule has 0 nitrogen and oxygen atoms in total. The van der Waals surface area contributed by atoms with Gasteiger partial charge in [-0.15, -0.1) is 0 Å². The molecule has 0 saturated heterocycles. The summed E-state index contributed by atoms with van der Waals surface area (Å²) in [4.78, 5) is 0. The predicted octanol–water partition coefficient (Wildman–Crippen LogP) is 8.26. The highest BCUT2D eigenvalue weighted by atomic mass is 19.4. The van der Waals surface area contributed by atoms with Gasteiger partial charge >= 0.3 is 6.18 Å². The van der Waals surface area contributed by atoms with Crippen LogP contribution in [-0.2, 0) is 25.4 Å². The highest BCUT2D eigenvalue weighted by molar-refractivity contribution is 5.77. The minimum atomic E-state index is -4.30. The van der Waals surface area contributed by atoms with Crippen LogP contribution in [0.1, 0.15) is 54.9 Å². The van der Waals surface area contributed by atoms with Crippen LogP contribution >= 0.6 is 0 Å². The van der Waals surface area contributed by atoms with Crippen molar-refractivity contribution in [3.05, 3.63) is 82.9 Å². The molecule has 0 aromatic heterocycles. The lowest BCUT2D eigenvalue weighted by Crippen LogP contribution is -2.05. The summed E-state index contributed by atoms with van der Waals surface area (Å²) in [5.74, 6) is 0. The lowest BCUT2D eigenvalue weighted by Gasteiger charge is -2.22. The quantitative estimate of drug-likeness (QED) is 0.360. The summed E-state index contributed by atoms with van der Waals surface area (Å²) < 4.78 is 38.5. The van der Waals surface area contributed by atoms with Crippen LogP contribution in [0.5, 0.6) is 0 Å². The van der Waals surface area contributed by atoms with Crippen LogP contribution in [-0.4, -0.2) is 0 Å². The molecule has 1 aliphatic rings. The van der Waals surface area contributed by atoms with E-state index < -0.39 is 11.7 Å². The van der Waals surface area contributed by atoms with Crippen molar-refractivity contribution in [3.63, 3.8) is 0 Å². The number of hydrogen-bond acceptors (Lipinski definition) is 0. The summed E-state index contributed by atoms with van der Waals surface area (Å²) in [5, 5.41) is 0. The molecule has 0 unspecified atom stereocenters. The zero-order valence-corrected chi connectivity index (χ0v) is 17.4. The van der Waals surface area contributed by atoms with E-state index in [4.69, 9.17) is 0 Å². The number of rotatable bonds is 6. The first kappa shape index (κ1) is 20.7. The Bertz CT molecular complexity index is 1010. The summed E-state index contributed by atoms with van der Waals surface area (Å²) in [5.41, 5.74) is 7.85. The highest BCUT2D eigenvalue weighted by Gasteiger charge is 2.30. The van der Waals surface area contributed by atoms with Gasteiger partial charge in [0, 0.05) is 0 Å². The van der Waals surface area contributed by atoms with E-state index >= 15 is 0 Å². The van der Waals surface area contributed by atoms with Crippen molar-refractivity contribution in [2.75, 3.05) is 0 Å². The zero-order chi connectivity index (χ0) is 21.1. The van der Waals surface area contributed by atoms with Gasteiger partial charge in [-0.3, -0.25) is 0 Å². The third-order valence-electron chi connectivity index (χ3n) is 6.09. The van der Waals surface area contributed by atoms with Crippen molar-refractivity contribution in [3.8, 4) is 22.3 Å². The molecular formula is C27H27F3. The van der Waals surface area contributed by atoms with Gasteiger partial charge < -0.3 is 0 Å². The fourth-order valence-corrected chi connectivity index (χ4v) is 4.39. The van der Waals surface area contributed by atoms with Crippen molar-refractivity contribution in [2.45, 2.75) is 58.0 Å². The molecule has 0 fully saturated rings. The zero-order valence-electron chi connectivity index (χ0n) is 17.4. The first-order chi connectivity index (χ1) is 14.5. The minimum absolute atomic E-state index is 0.608. The molecule has 0 saturated carbocycles. The Morgan fingerprint density at radius 1 is 0.700 bits per heavy atom. The molecule has 0 radical (unpaired) electrons. The molecular weight excluding hydrogens is 381 g/mol. The van der Waals surface area contributed by atoms with Gasteiger partial charge in [0.05, 0.1) is 5.56 Å². The minimum Gasteiger partial charge on any atom is -0.166 e. The van der Waals surface area contributed by atoms with Crippen LogP contribution in [0.25, 0.3) is 22.3 Å². The van der Waals surface area contributed by atoms with Gasteiger partial charge in [-0.05, 0) is 76.8 Å². The Morgan fingerprint density at radius 3 is 2.00 bits per heavy atom. The third-order valence-corrected chi connectivity index (χ3v) is 6.09. The normalized spacial score (nSPS) is 13.1. The monoisotopic (exact) mass is 408 g/mol. The van der Waals surface area contributed by atoms with E-state index in [2.05, 4.69) is 37.3 Å². The van der Waals surface area contributed by atoms with E-state index in [1.165, 1.54) is 53.5 Å². The molecule has 0 atom stereocenters.